The third-order valence-corrected chi connectivity index (χ3v) is 12.1. The topological polar surface area (TPSA) is 18.5 Å². The molecule has 8 rings (SSSR count). The van der Waals surface area contributed by atoms with E-state index in [1.165, 1.54) is 38.8 Å². The average molecular weight is 396 g/mol. The van der Waals surface area contributed by atoms with Gasteiger partial charge in [0.05, 0.1) is 0 Å². The van der Waals surface area contributed by atoms with E-state index in [1.807, 2.05) is 0 Å². The van der Waals surface area contributed by atoms with Crippen molar-refractivity contribution in [3.8, 4) is 0 Å². The molecular formula is C26H41N3. The third kappa shape index (κ3) is 2.12. The fourth-order valence-corrected chi connectivity index (χ4v) is 11.8. The van der Waals surface area contributed by atoms with Crippen molar-refractivity contribution in [1.82, 2.24) is 15.6 Å². The number of hydrazine groups is 2. The Morgan fingerprint density at radius 1 is 0.552 bits per heavy atom. The van der Waals surface area contributed by atoms with E-state index in [-0.39, 0.29) is 0 Å². The van der Waals surface area contributed by atoms with Crippen molar-refractivity contribution >= 4 is 0 Å². The van der Waals surface area contributed by atoms with Crippen LogP contribution in [0.4, 0.5) is 0 Å². The monoisotopic (exact) mass is 395 g/mol. The standard InChI is InChI=1S/C26H41N3/c1-2-7-17-16(6-1)22-15-12-13-27-28(14-15)29-21-11-4-3-8-20(21)24-19-10-5-9-18(19)23(17)25(22)26(24)29/h15-27H,1-14H2. The zero-order valence-electron chi connectivity index (χ0n) is 18.2. The Bertz CT molecular complexity index is 621. The summed E-state index contributed by atoms with van der Waals surface area (Å²) in [7, 11) is 0. The molecule has 3 nitrogen and oxygen atoms in total. The molecule has 3 heteroatoms. The van der Waals surface area contributed by atoms with E-state index < -0.39 is 0 Å². The minimum Gasteiger partial charge on any atom is -0.241 e. The average Bonchev–Trinajstić information content (AvgIpc) is 3.43. The lowest BCUT2D eigenvalue weighted by Gasteiger charge is -2.51. The highest BCUT2D eigenvalue weighted by Crippen LogP contribution is 2.70. The highest BCUT2D eigenvalue weighted by atomic mass is 15.8. The summed E-state index contributed by atoms with van der Waals surface area (Å²) in [4.78, 5) is 0. The summed E-state index contributed by atoms with van der Waals surface area (Å²) in [6.07, 6.45) is 18.6. The lowest BCUT2D eigenvalue weighted by atomic mass is 9.55. The second kappa shape index (κ2) is 6.23. The van der Waals surface area contributed by atoms with Crippen LogP contribution in [-0.2, 0) is 0 Å². The van der Waals surface area contributed by atoms with Crippen LogP contribution in [0.3, 0.4) is 0 Å². The second-order valence-corrected chi connectivity index (χ2v) is 12.6. The first-order valence-corrected chi connectivity index (χ1v) is 13.7. The van der Waals surface area contributed by atoms with Crippen LogP contribution >= 0.6 is 0 Å². The molecule has 5 aliphatic carbocycles. The number of hydrogen-bond donors (Lipinski definition) is 1. The van der Waals surface area contributed by atoms with Gasteiger partial charge in [-0.05, 0) is 104 Å². The van der Waals surface area contributed by atoms with Gasteiger partial charge >= 0.3 is 0 Å². The van der Waals surface area contributed by atoms with E-state index >= 15 is 0 Å². The highest BCUT2D eigenvalue weighted by molar-refractivity contribution is 5.19. The first-order valence-electron chi connectivity index (χ1n) is 13.7. The van der Waals surface area contributed by atoms with Gasteiger partial charge in [-0.15, -0.1) is 0 Å². The van der Waals surface area contributed by atoms with Gasteiger partial charge in [0.15, 0.2) is 0 Å². The third-order valence-electron chi connectivity index (χ3n) is 12.1. The zero-order chi connectivity index (χ0) is 18.7. The van der Waals surface area contributed by atoms with Gasteiger partial charge in [0, 0.05) is 25.2 Å². The molecule has 0 aromatic heterocycles. The molecule has 0 amide bonds. The van der Waals surface area contributed by atoms with Crippen LogP contribution in [0.25, 0.3) is 0 Å². The molecule has 8 fully saturated rings. The summed E-state index contributed by atoms with van der Waals surface area (Å²) >= 11 is 0. The van der Waals surface area contributed by atoms with Crippen molar-refractivity contribution in [2.75, 3.05) is 13.1 Å². The largest absolute Gasteiger partial charge is 0.241 e. The van der Waals surface area contributed by atoms with Crippen molar-refractivity contribution in [1.29, 1.82) is 0 Å². The molecule has 5 saturated carbocycles. The Balaban J connectivity index is 1.32. The summed E-state index contributed by atoms with van der Waals surface area (Å²) in [5.41, 5.74) is 3.93. The Labute approximate surface area is 177 Å². The van der Waals surface area contributed by atoms with E-state index in [1.54, 1.807) is 51.4 Å². The summed E-state index contributed by atoms with van der Waals surface area (Å²) in [5.74, 6) is 10.8. The Hall–Kier alpha value is -0.120. The maximum Gasteiger partial charge on any atom is 0.0330 e. The zero-order valence-corrected chi connectivity index (χ0v) is 18.2. The number of rotatable bonds is 0. The number of fused-ring (bicyclic) bond motifs is 13. The van der Waals surface area contributed by atoms with E-state index in [0.29, 0.717) is 0 Å². The molecule has 2 bridgehead atoms. The summed E-state index contributed by atoms with van der Waals surface area (Å²) in [6.45, 7) is 2.59. The van der Waals surface area contributed by atoms with Gasteiger partial charge in [0.25, 0.3) is 0 Å². The van der Waals surface area contributed by atoms with Crippen LogP contribution in [0.1, 0.15) is 77.0 Å². The molecule has 3 heterocycles. The Morgan fingerprint density at radius 3 is 2.03 bits per heavy atom. The van der Waals surface area contributed by atoms with Gasteiger partial charge in [-0.3, -0.25) is 0 Å². The lowest BCUT2D eigenvalue weighted by molar-refractivity contribution is -0.145. The molecule has 0 aromatic rings. The molecule has 13 unspecified atom stereocenters. The summed E-state index contributed by atoms with van der Waals surface area (Å²) < 4.78 is 0. The molecule has 3 aliphatic heterocycles. The predicted molar refractivity (Wildman–Crippen MR) is 114 cm³/mol. The van der Waals surface area contributed by atoms with E-state index in [9.17, 15) is 0 Å². The van der Waals surface area contributed by atoms with E-state index in [2.05, 4.69) is 15.6 Å². The molecule has 0 radical (unpaired) electrons. The first-order chi connectivity index (χ1) is 14.4. The predicted octanol–water partition coefficient (Wildman–Crippen LogP) is 4.70. The lowest BCUT2D eigenvalue weighted by Crippen LogP contribution is -2.61. The minimum absolute atomic E-state index is 0.881. The molecular weight excluding hydrogens is 354 g/mol. The molecule has 160 valence electrons. The van der Waals surface area contributed by atoms with Gasteiger partial charge in [-0.25, -0.2) is 10.4 Å². The van der Waals surface area contributed by atoms with Gasteiger partial charge in [0.1, 0.15) is 0 Å². The maximum atomic E-state index is 3.93. The second-order valence-electron chi connectivity index (χ2n) is 12.6. The fraction of sp³-hybridized carbons (Fsp3) is 1.00. The van der Waals surface area contributed by atoms with Crippen molar-refractivity contribution in [3.63, 3.8) is 0 Å². The van der Waals surface area contributed by atoms with Crippen LogP contribution < -0.4 is 5.43 Å². The van der Waals surface area contributed by atoms with Gasteiger partial charge in [-0.1, -0.05) is 32.1 Å². The smallest absolute Gasteiger partial charge is 0.0330 e. The quantitative estimate of drug-likeness (QED) is 0.641. The molecule has 29 heavy (non-hydrogen) atoms. The van der Waals surface area contributed by atoms with Crippen molar-refractivity contribution in [3.05, 3.63) is 0 Å². The van der Waals surface area contributed by atoms with E-state index in [4.69, 9.17) is 0 Å². The molecule has 0 aromatic carbocycles. The number of nitrogens with zero attached hydrogens (tertiary/aromatic N) is 2. The van der Waals surface area contributed by atoms with Gasteiger partial charge < -0.3 is 0 Å². The van der Waals surface area contributed by atoms with Crippen LogP contribution in [0, 0.1) is 59.2 Å². The van der Waals surface area contributed by atoms with Crippen LogP contribution in [0.15, 0.2) is 0 Å². The number of hydrogen-bond acceptors (Lipinski definition) is 3. The van der Waals surface area contributed by atoms with Crippen molar-refractivity contribution in [2.24, 2.45) is 59.2 Å². The van der Waals surface area contributed by atoms with Crippen LogP contribution in [0.5, 0.6) is 0 Å². The Morgan fingerprint density at radius 2 is 1.21 bits per heavy atom. The normalized spacial score (nSPS) is 62.7. The van der Waals surface area contributed by atoms with Crippen molar-refractivity contribution in [2.45, 2.75) is 89.1 Å². The van der Waals surface area contributed by atoms with E-state index in [0.717, 1.165) is 71.3 Å². The molecule has 3 saturated heterocycles. The maximum absolute atomic E-state index is 3.93. The Kier molecular flexibility index (Phi) is 3.74. The molecule has 13 atom stereocenters. The van der Waals surface area contributed by atoms with Gasteiger partial charge in [-0.2, -0.15) is 5.12 Å². The summed E-state index contributed by atoms with van der Waals surface area (Å²) in [6, 6.07) is 1.80. The fourth-order valence-electron chi connectivity index (χ4n) is 11.8. The van der Waals surface area contributed by atoms with Gasteiger partial charge in [0.2, 0.25) is 0 Å². The van der Waals surface area contributed by atoms with Crippen molar-refractivity contribution < 1.29 is 0 Å². The minimum atomic E-state index is 0.881. The molecule has 0 spiro atoms. The van der Waals surface area contributed by atoms with Crippen LogP contribution in [0.2, 0.25) is 0 Å². The van der Waals surface area contributed by atoms with Crippen LogP contribution in [-0.4, -0.2) is 35.3 Å². The highest BCUT2D eigenvalue weighted by Gasteiger charge is 2.70. The molecule has 8 aliphatic rings. The molecule has 1 N–H and O–H groups in total. The first kappa shape index (κ1) is 17.4. The number of nitrogens with one attached hydrogen (secondary N) is 1. The SMILES string of the molecule is C1CCC2C(C1)C1C3CCNN(C3)N3C4CCCCC4C4C5CCCC5C2C1C43. The summed E-state index contributed by atoms with van der Waals surface area (Å²) in [5, 5.41) is 5.84.